The van der Waals surface area contributed by atoms with Crippen LogP contribution in [-0.2, 0) is 16.1 Å². The highest BCUT2D eigenvalue weighted by molar-refractivity contribution is 6.25. The second kappa shape index (κ2) is 9.48. The molecule has 2 aliphatic rings. The van der Waals surface area contributed by atoms with Crippen LogP contribution in [-0.4, -0.2) is 64.9 Å². The fourth-order valence-electron chi connectivity index (χ4n) is 3.99. The predicted molar refractivity (Wildman–Crippen MR) is 126 cm³/mol. The summed E-state index contributed by atoms with van der Waals surface area (Å²) in [5, 5.41) is 2.91. The Morgan fingerprint density at radius 1 is 1.18 bits per heavy atom. The number of rotatable bonds is 6. The maximum absolute atomic E-state index is 13.2. The molecule has 0 saturated carbocycles. The van der Waals surface area contributed by atoms with Gasteiger partial charge in [-0.3, -0.25) is 14.4 Å². The van der Waals surface area contributed by atoms with Gasteiger partial charge in [-0.15, -0.1) is 0 Å². The SMILES string of the molecule is CC(C)N1Cc2cc(NC(=O)C(=CN)c3ncc(C(N)=O)cn3)c(N3CCOCC3)cc2C1=O. The van der Waals surface area contributed by atoms with Crippen LogP contribution in [0.15, 0.2) is 30.7 Å². The molecule has 0 bridgehead atoms. The number of benzene rings is 1. The van der Waals surface area contributed by atoms with E-state index in [0.29, 0.717) is 44.1 Å². The summed E-state index contributed by atoms with van der Waals surface area (Å²) in [5.41, 5.74) is 13.9. The Bertz CT molecular complexity index is 1150. The fraction of sp³-hybridized carbons (Fsp3) is 0.348. The molecule has 2 aliphatic heterocycles. The molecule has 1 aromatic carbocycles. The van der Waals surface area contributed by atoms with Crippen molar-refractivity contribution >= 4 is 34.7 Å². The topological polar surface area (TPSA) is 157 Å². The second-order valence-electron chi connectivity index (χ2n) is 8.35. The lowest BCUT2D eigenvalue weighted by molar-refractivity contribution is -0.111. The molecule has 0 aliphatic carbocycles. The van der Waals surface area contributed by atoms with E-state index in [4.69, 9.17) is 16.2 Å². The molecular formula is C23H27N7O4. The number of morpholine rings is 1. The summed E-state index contributed by atoms with van der Waals surface area (Å²) >= 11 is 0. The molecule has 0 radical (unpaired) electrons. The maximum atomic E-state index is 13.2. The zero-order valence-corrected chi connectivity index (χ0v) is 19.1. The summed E-state index contributed by atoms with van der Waals surface area (Å²) in [6.07, 6.45) is 3.59. The number of ether oxygens (including phenoxy) is 1. The van der Waals surface area contributed by atoms with Crippen molar-refractivity contribution < 1.29 is 19.1 Å². The predicted octanol–water partition coefficient (Wildman–Crippen LogP) is 0.715. The first-order valence-corrected chi connectivity index (χ1v) is 11.0. The number of carbonyl (C=O) groups excluding carboxylic acids is 3. The van der Waals surface area contributed by atoms with E-state index in [1.165, 1.54) is 12.4 Å². The summed E-state index contributed by atoms with van der Waals surface area (Å²) in [7, 11) is 0. The van der Waals surface area contributed by atoms with Gasteiger partial charge in [-0.1, -0.05) is 0 Å². The monoisotopic (exact) mass is 465 g/mol. The van der Waals surface area contributed by atoms with Gasteiger partial charge in [0.15, 0.2) is 5.82 Å². The minimum absolute atomic E-state index is 0.0251. The molecule has 4 rings (SSSR count). The fourth-order valence-corrected chi connectivity index (χ4v) is 3.99. The molecule has 5 N–H and O–H groups in total. The molecular weight excluding hydrogens is 438 g/mol. The van der Waals surface area contributed by atoms with E-state index in [0.717, 1.165) is 17.5 Å². The van der Waals surface area contributed by atoms with Crippen molar-refractivity contribution in [2.24, 2.45) is 11.5 Å². The number of nitrogens with two attached hydrogens (primary N) is 2. The van der Waals surface area contributed by atoms with Crippen molar-refractivity contribution in [3.8, 4) is 0 Å². The van der Waals surface area contributed by atoms with Crippen LogP contribution in [0.4, 0.5) is 11.4 Å². The molecule has 3 heterocycles. The van der Waals surface area contributed by atoms with Gasteiger partial charge < -0.3 is 31.3 Å². The zero-order chi connectivity index (χ0) is 24.4. The number of anilines is 2. The molecule has 34 heavy (non-hydrogen) atoms. The Kier molecular flexibility index (Phi) is 6.46. The van der Waals surface area contributed by atoms with Gasteiger partial charge in [-0.2, -0.15) is 0 Å². The number of nitrogens with one attached hydrogen (secondary N) is 1. The normalized spacial score (nSPS) is 16.1. The summed E-state index contributed by atoms with van der Waals surface area (Å²) < 4.78 is 5.47. The number of aromatic nitrogens is 2. The minimum atomic E-state index is -0.674. The standard InChI is InChI=1S/C23H27N7O4/c1-13(2)30-12-14-7-18(19(8-16(14)23(30)33)29-3-5-34-6-4-29)28-22(32)17(9-24)21-26-10-15(11-27-21)20(25)31/h7-11,13H,3-6,12,24H2,1-2H3,(H2,25,31)(H,28,32). The Morgan fingerprint density at radius 3 is 2.44 bits per heavy atom. The van der Waals surface area contributed by atoms with Crippen LogP contribution in [0.2, 0.25) is 0 Å². The molecule has 11 heteroatoms. The van der Waals surface area contributed by atoms with Crippen LogP contribution in [0.25, 0.3) is 5.57 Å². The molecule has 0 unspecified atom stereocenters. The van der Waals surface area contributed by atoms with Crippen LogP contribution in [0.1, 0.15) is 46.0 Å². The van der Waals surface area contributed by atoms with Crippen molar-refractivity contribution in [2.45, 2.75) is 26.4 Å². The molecule has 0 atom stereocenters. The lowest BCUT2D eigenvalue weighted by Gasteiger charge is -2.31. The first-order valence-electron chi connectivity index (χ1n) is 11.0. The van der Waals surface area contributed by atoms with Gasteiger partial charge in [0, 0.05) is 49.8 Å². The summed E-state index contributed by atoms with van der Waals surface area (Å²) in [4.78, 5) is 49.4. The van der Waals surface area contributed by atoms with Crippen LogP contribution >= 0.6 is 0 Å². The number of nitrogens with zero attached hydrogens (tertiary/aromatic N) is 4. The number of primary amides is 1. The molecule has 1 fully saturated rings. The Morgan fingerprint density at radius 2 is 1.85 bits per heavy atom. The molecule has 3 amide bonds. The highest BCUT2D eigenvalue weighted by atomic mass is 16.5. The van der Waals surface area contributed by atoms with Gasteiger partial charge in [0.2, 0.25) is 0 Å². The van der Waals surface area contributed by atoms with Gasteiger partial charge in [-0.05, 0) is 31.5 Å². The van der Waals surface area contributed by atoms with E-state index in [9.17, 15) is 14.4 Å². The van der Waals surface area contributed by atoms with E-state index in [1.807, 2.05) is 26.0 Å². The van der Waals surface area contributed by atoms with Crippen molar-refractivity contribution in [3.05, 3.63) is 53.2 Å². The Balaban J connectivity index is 1.67. The van der Waals surface area contributed by atoms with Crippen LogP contribution in [0, 0.1) is 0 Å². The molecule has 178 valence electrons. The number of carbonyl (C=O) groups is 3. The molecule has 11 nitrogen and oxygen atoms in total. The van der Waals surface area contributed by atoms with Crippen LogP contribution < -0.4 is 21.7 Å². The van der Waals surface area contributed by atoms with Crippen molar-refractivity contribution in [1.82, 2.24) is 14.9 Å². The highest BCUT2D eigenvalue weighted by Gasteiger charge is 2.32. The molecule has 1 saturated heterocycles. The average molecular weight is 466 g/mol. The maximum Gasteiger partial charge on any atom is 0.261 e. The highest BCUT2D eigenvalue weighted by Crippen LogP contribution is 2.36. The van der Waals surface area contributed by atoms with Gasteiger partial charge in [0.05, 0.1) is 35.7 Å². The van der Waals surface area contributed by atoms with Crippen LogP contribution in [0.5, 0.6) is 0 Å². The Labute approximate surface area is 196 Å². The van der Waals surface area contributed by atoms with Crippen molar-refractivity contribution in [1.29, 1.82) is 0 Å². The quantitative estimate of drug-likeness (QED) is 0.527. The first-order chi connectivity index (χ1) is 16.3. The molecule has 2 aromatic rings. The second-order valence-corrected chi connectivity index (χ2v) is 8.35. The summed E-state index contributed by atoms with van der Waals surface area (Å²) in [5.74, 6) is -1.16. The largest absolute Gasteiger partial charge is 0.404 e. The average Bonchev–Trinajstić information content (AvgIpc) is 3.15. The third kappa shape index (κ3) is 4.42. The summed E-state index contributed by atoms with van der Waals surface area (Å²) in [6, 6.07) is 3.73. The third-order valence-corrected chi connectivity index (χ3v) is 5.87. The minimum Gasteiger partial charge on any atom is -0.404 e. The van der Waals surface area contributed by atoms with Gasteiger partial charge in [0.1, 0.15) is 0 Å². The van der Waals surface area contributed by atoms with E-state index in [1.54, 1.807) is 4.90 Å². The Hall–Kier alpha value is -3.99. The number of amides is 3. The van der Waals surface area contributed by atoms with E-state index in [2.05, 4.69) is 20.2 Å². The number of hydrogen-bond acceptors (Lipinski definition) is 8. The zero-order valence-electron chi connectivity index (χ0n) is 19.1. The van der Waals surface area contributed by atoms with Gasteiger partial charge in [-0.25, -0.2) is 9.97 Å². The third-order valence-electron chi connectivity index (χ3n) is 5.87. The van der Waals surface area contributed by atoms with Gasteiger partial charge in [0.25, 0.3) is 17.7 Å². The lowest BCUT2D eigenvalue weighted by atomic mass is 10.1. The van der Waals surface area contributed by atoms with Crippen molar-refractivity contribution in [3.63, 3.8) is 0 Å². The smallest absolute Gasteiger partial charge is 0.261 e. The van der Waals surface area contributed by atoms with E-state index in [-0.39, 0.29) is 28.9 Å². The molecule has 1 aromatic heterocycles. The number of fused-ring (bicyclic) bond motifs is 1. The number of hydrogen-bond donors (Lipinski definition) is 3. The lowest BCUT2D eigenvalue weighted by Crippen LogP contribution is -2.37. The first kappa shape index (κ1) is 23.2. The summed E-state index contributed by atoms with van der Waals surface area (Å²) in [6.45, 7) is 6.75. The van der Waals surface area contributed by atoms with E-state index < -0.39 is 11.8 Å². The van der Waals surface area contributed by atoms with E-state index >= 15 is 0 Å². The van der Waals surface area contributed by atoms with Crippen LogP contribution in [0.3, 0.4) is 0 Å². The molecule has 0 spiro atoms. The van der Waals surface area contributed by atoms with Gasteiger partial charge >= 0.3 is 0 Å². The van der Waals surface area contributed by atoms with Crippen molar-refractivity contribution in [2.75, 3.05) is 36.5 Å².